The van der Waals surface area contributed by atoms with Gasteiger partial charge in [-0.15, -0.1) is 0 Å². The molecule has 0 spiro atoms. The fraction of sp³-hybridized carbons (Fsp3) is 0.779. The van der Waals surface area contributed by atoms with Gasteiger partial charge in [0.05, 0.1) is 13.2 Å². The van der Waals surface area contributed by atoms with E-state index in [-0.39, 0.29) is 42.5 Å². The highest BCUT2D eigenvalue weighted by Gasteiger charge is 2.24. The lowest BCUT2D eigenvalue weighted by atomic mass is 9.92. The highest BCUT2D eigenvalue weighted by Crippen LogP contribution is 2.22. The molecule has 0 bridgehead atoms. The molecule has 0 radical (unpaired) electrons. The number of esters is 1. The third-order valence-electron chi connectivity index (χ3n) is 15.3. The molecule has 1 aliphatic rings. The van der Waals surface area contributed by atoms with Crippen molar-refractivity contribution < 1.29 is 38.2 Å². The SMILES string of the molecule is C=C=C(CC(CC)CC(=O)C=C)OCCCCCCCC.C=CC(=O)CC(CC(=O)/C=C\CCCCCCCC)CC(=O)O[C@H](CC)CN(CCC)C(=O)CC.CC.CCC1C=CCC1.CCCCCCCCC.CCCCCCCCC(=O)CC. The molecule has 4 atom stereocenters. The Morgan fingerprint density at radius 2 is 1.03 bits per heavy atom. The number of nitrogens with zero attached hydrogens (tertiary/aromatic N) is 1. The summed E-state index contributed by atoms with van der Waals surface area (Å²) in [5.74, 6) is 1.42. The molecule has 9 heteroatoms. The van der Waals surface area contributed by atoms with E-state index in [1.807, 2.05) is 47.6 Å². The average molecular weight is 1210 g/mol. The van der Waals surface area contributed by atoms with Gasteiger partial charge in [-0.1, -0.05) is 281 Å². The van der Waals surface area contributed by atoms with Gasteiger partial charge < -0.3 is 14.4 Å². The quantitative estimate of drug-likeness (QED) is 0.0147. The lowest BCUT2D eigenvalue weighted by molar-refractivity contribution is -0.153. The lowest BCUT2D eigenvalue weighted by Gasteiger charge is -2.27. The summed E-state index contributed by atoms with van der Waals surface area (Å²) in [5, 5.41) is 0. The van der Waals surface area contributed by atoms with E-state index in [1.54, 1.807) is 11.0 Å². The molecule has 3 unspecified atom stereocenters. The van der Waals surface area contributed by atoms with Gasteiger partial charge in [0.15, 0.2) is 17.3 Å². The summed E-state index contributed by atoms with van der Waals surface area (Å²) < 4.78 is 11.4. The summed E-state index contributed by atoms with van der Waals surface area (Å²) in [5.41, 5.74) is 2.88. The summed E-state index contributed by atoms with van der Waals surface area (Å²) in [7, 11) is 0. The van der Waals surface area contributed by atoms with Crippen LogP contribution in [0.4, 0.5) is 0 Å². The van der Waals surface area contributed by atoms with Crippen molar-refractivity contribution >= 4 is 35.0 Å². The van der Waals surface area contributed by atoms with Gasteiger partial charge in [0.25, 0.3) is 0 Å². The lowest BCUT2D eigenvalue weighted by Crippen LogP contribution is -2.39. The molecule has 0 aromatic heterocycles. The van der Waals surface area contributed by atoms with E-state index < -0.39 is 18.0 Å². The van der Waals surface area contributed by atoms with Crippen LogP contribution < -0.4 is 0 Å². The normalized spacial score (nSPS) is 12.9. The first kappa shape index (κ1) is 90.6. The van der Waals surface area contributed by atoms with Gasteiger partial charge in [-0.3, -0.25) is 28.8 Å². The van der Waals surface area contributed by atoms with E-state index in [9.17, 15) is 28.8 Å². The summed E-state index contributed by atoms with van der Waals surface area (Å²) >= 11 is 0. The molecule has 0 saturated heterocycles. The molecule has 502 valence electrons. The molecular formula is C77H141NO8. The second kappa shape index (κ2) is 73.4. The largest absolute Gasteiger partial charge is 0.490 e. The first-order valence-corrected chi connectivity index (χ1v) is 35.8. The fourth-order valence-electron chi connectivity index (χ4n) is 9.57. The van der Waals surface area contributed by atoms with E-state index in [1.165, 1.54) is 173 Å². The molecule has 0 fully saturated rings. The van der Waals surface area contributed by atoms with Crippen molar-refractivity contribution in [3.63, 3.8) is 0 Å². The van der Waals surface area contributed by atoms with Crippen LogP contribution >= 0.6 is 0 Å². The van der Waals surface area contributed by atoms with Gasteiger partial charge in [0, 0.05) is 57.9 Å². The van der Waals surface area contributed by atoms with E-state index in [0.29, 0.717) is 44.1 Å². The van der Waals surface area contributed by atoms with Crippen LogP contribution in [-0.4, -0.2) is 65.7 Å². The van der Waals surface area contributed by atoms with Gasteiger partial charge in [-0.25, -0.2) is 0 Å². The van der Waals surface area contributed by atoms with Crippen molar-refractivity contribution in [2.24, 2.45) is 17.8 Å². The molecule has 1 aliphatic carbocycles. The van der Waals surface area contributed by atoms with E-state index in [0.717, 1.165) is 76.1 Å². The third kappa shape index (κ3) is 65.9. The minimum Gasteiger partial charge on any atom is -0.490 e. The summed E-state index contributed by atoms with van der Waals surface area (Å²) in [4.78, 5) is 73.3. The maximum atomic E-state index is 12.7. The number of ketones is 4. The van der Waals surface area contributed by atoms with Crippen LogP contribution in [0.15, 0.2) is 67.7 Å². The van der Waals surface area contributed by atoms with Crippen molar-refractivity contribution in [2.75, 3.05) is 19.7 Å². The zero-order chi connectivity index (χ0) is 65.7. The van der Waals surface area contributed by atoms with Crippen molar-refractivity contribution in [2.45, 2.75) is 353 Å². The number of hydrogen-bond acceptors (Lipinski definition) is 8. The Morgan fingerprint density at radius 1 is 0.558 bits per heavy atom. The molecule has 0 heterocycles. The maximum absolute atomic E-state index is 12.7. The third-order valence-corrected chi connectivity index (χ3v) is 15.3. The standard InChI is InChI=1S/C29H49NO5.C19H32O2.C11H22O.C9H20.C7H12.C2H6/c1-6-11-12-13-14-15-16-17-18-26(32)21-24(20-25(31)8-3)22-29(34)35-27(9-4)23-30(19-7-2)28(33)10-5;1-5-9-10-11-12-13-14-21-19(8-4)16-17(6-2)15-18(20)7-3;1-3-5-6-7-8-9-10-11(12)4-2;1-3-5-7-9-8-6-4-2;1-2-7-5-3-4-6-7;1-2/h8,17-18,24,27H,3,6-7,9-16,19-23H2,1-2,4-5H3;7,17H,3-6,9-16H2,1-2H3;3-10H2,1-2H3;3-9H2,1-2H3;3,5,7H,2,4,6H2,1H3;1-2H3/b18-17-;;;;;/t24?,27-;;;;;/m1...../s1. The van der Waals surface area contributed by atoms with Gasteiger partial charge in [0.2, 0.25) is 5.91 Å². The second-order valence-electron chi connectivity index (χ2n) is 23.2. The van der Waals surface area contributed by atoms with Crippen molar-refractivity contribution in [1.82, 2.24) is 4.90 Å². The van der Waals surface area contributed by atoms with Crippen LogP contribution in [0.1, 0.15) is 347 Å². The summed E-state index contributed by atoms with van der Waals surface area (Å²) in [6, 6.07) is 0. The van der Waals surface area contributed by atoms with Gasteiger partial charge in [-0.2, -0.15) is 0 Å². The van der Waals surface area contributed by atoms with Gasteiger partial charge in [0.1, 0.15) is 17.6 Å². The van der Waals surface area contributed by atoms with E-state index in [2.05, 4.69) is 86.1 Å². The van der Waals surface area contributed by atoms with E-state index in [4.69, 9.17) is 9.47 Å². The van der Waals surface area contributed by atoms with Crippen LogP contribution in [0.3, 0.4) is 0 Å². The molecule has 0 saturated carbocycles. The monoisotopic (exact) mass is 1210 g/mol. The number of amides is 1. The number of hydrogen-bond donors (Lipinski definition) is 0. The molecule has 9 nitrogen and oxygen atoms in total. The van der Waals surface area contributed by atoms with Crippen molar-refractivity contribution in [1.29, 1.82) is 0 Å². The molecule has 1 rings (SSSR count). The Bertz CT molecular complexity index is 1700. The number of Topliss-reactive ketones (excluding diaryl/α,β-unsaturated/α-hetero) is 1. The number of carbonyl (C=O) groups excluding carboxylic acids is 6. The number of rotatable bonds is 51. The Kier molecular flexibility index (Phi) is 77.3. The molecule has 1 amide bonds. The number of ether oxygens (including phenoxy) is 2. The maximum Gasteiger partial charge on any atom is 0.306 e. The molecule has 0 aromatic carbocycles. The first-order chi connectivity index (χ1) is 41.6. The van der Waals surface area contributed by atoms with Crippen LogP contribution in [-0.2, 0) is 38.2 Å². The molecule has 0 aliphatic heterocycles. The number of unbranched alkanes of at least 4 members (excludes halogenated alkanes) is 22. The molecule has 86 heavy (non-hydrogen) atoms. The van der Waals surface area contributed by atoms with Crippen LogP contribution in [0.25, 0.3) is 0 Å². The number of carbonyl (C=O) groups is 6. The predicted molar refractivity (Wildman–Crippen MR) is 373 cm³/mol. The van der Waals surface area contributed by atoms with E-state index >= 15 is 0 Å². The van der Waals surface area contributed by atoms with Crippen LogP contribution in [0, 0.1) is 17.8 Å². The number of allylic oxidation sites excluding steroid dienone is 7. The Labute approximate surface area is 533 Å². The summed E-state index contributed by atoms with van der Waals surface area (Å²) in [6.45, 7) is 39.6. The highest BCUT2D eigenvalue weighted by atomic mass is 16.5. The minimum absolute atomic E-state index is 0.0113. The van der Waals surface area contributed by atoms with Crippen molar-refractivity contribution in [3.05, 3.63) is 67.7 Å². The minimum atomic E-state index is -0.442. The highest BCUT2D eigenvalue weighted by molar-refractivity contribution is 5.93. The van der Waals surface area contributed by atoms with Gasteiger partial charge >= 0.3 is 5.97 Å². The Hall–Kier alpha value is -4.10. The molecule has 0 aromatic rings. The van der Waals surface area contributed by atoms with Crippen LogP contribution in [0.5, 0.6) is 0 Å². The Balaban J connectivity index is -0.000000358. The predicted octanol–water partition coefficient (Wildman–Crippen LogP) is 22.8. The van der Waals surface area contributed by atoms with Crippen molar-refractivity contribution in [3.8, 4) is 0 Å². The van der Waals surface area contributed by atoms with Crippen LogP contribution in [0.2, 0.25) is 0 Å². The molecular weight excluding hydrogens is 1070 g/mol. The second-order valence-corrected chi connectivity index (χ2v) is 23.2. The summed E-state index contributed by atoms with van der Waals surface area (Å²) in [6.07, 6.45) is 53.3. The van der Waals surface area contributed by atoms with Gasteiger partial charge in [-0.05, 0) is 93.8 Å². The first-order valence-electron chi connectivity index (χ1n) is 35.8. The fourth-order valence-corrected chi connectivity index (χ4v) is 9.57. The molecule has 0 N–H and O–H groups in total. The Morgan fingerprint density at radius 3 is 1.44 bits per heavy atom. The smallest absolute Gasteiger partial charge is 0.306 e. The zero-order valence-electron chi connectivity index (χ0n) is 59.0. The topological polar surface area (TPSA) is 124 Å². The zero-order valence-corrected chi connectivity index (χ0v) is 59.0. The average Bonchev–Trinajstić information content (AvgIpc) is 4.12.